The van der Waals surface area contributed by atoms with Gasteiger partial charge in [0.05, 0.1) is 20.1 Å². The fraction of sp³-hybridized carbons (Fsp3) is 0.818. The van der Waals surface area contributed by atoms with Crippen LogP contribution in [0.15, 0.2) is 0 Å². The van der Waals surface area contributed by atoms with Gasteiger partial charge in [-0.1, -0.05) is 6.92 Å². The molecule has 0 aliphatic heterocycles. The maximum atomic E-state index is 12.1. The first-order valence-electron chi connectivity index (χ1n) is 6.26. The van der Waals surface area contributed by atoms with Crippen molar-refractivity contribution in [3.63, 3.8) is 0 Å². The van der Waals surface area contributed by atoms with Crippen molar-refractivity contribution in [3.8, 4) is 0 Å². The Morgan fingerprint density at radius 1 is 1.20 bits per heavy atom. The Bertz CT molecular complexity index is 424. The molecule has 0 bridgehead atoms. The molecule has 1 amide bonds. The molecule has 1 N–H and O–H groups in total. The average Bonchev–Trinajstić information content (AvgIpc) is 2.41. The van der Waals surface area contributed by atoms with Gasteiger partial charge in [-0.05, 0) is 6.42 Å². The van der Waals surface area contributed by atoms with Crippen LogP contribution < -0.4 is 5.32 Å². The molecule has 0 radical (unpaired) electrons. The standard InChI is InChI=1S/C11H23N3O5S/c1-5-7-12-10(15)9-14(3)20(17,18)13(2)8-6-11(16)19-4/h5-9H2,1-4H3,(H,12,15). The summed E-state index contributed by atoms with van der Waals surface area (Å²) in [5.74, 6) is -0.852. The number of hydrogen-bond acceptors (Lipinski definition) is 5. The van der Waals surface area contributed by atoms with Gasteiger partial charge in [-0.2, -0.15) is 17.0 Å². The molecule has 0 saturated heterocycles. The summed E-state index contributed by atoms with van der Waals surface area (Å²) in [5.41, 5.74) is 0. The normalized spacial score (nSPS) is 11.7. The van der Waals surface area contributed by atoms with Crippen molar-refractivity contribution in [1.82, 2.24) is 13.9 Å². The van der Waals surface area contributed by atoms with Gasteiger partial charge < -0.3 is 10.1 Å². The number of nitrogens with zero attached hydrogens (tertiary/aromatic N) is 2. The lowest BCUT2D eigenvalue weighted by Gasteiger charge is -2.23. The van der Waals surface area contributed by atoms with Crippen molar-refractivity contribution in [2.24, 2.45) is 0 Å². The highest BCUT2D eigenvalue weighted by Gasteiger charge is 2.25. The molecule has 0 aromatic rings. The highest BCUT2D eigenvalue weighted by Crippen LogP contribution is 2.04. The number of rotatable bonds is 9. The zero-order valence-corrected chi connectivity index (χ0v) is 13.2. The molecule has 0 atom stereocenters. The summed E-state index contributed by atoms with van der Waals surface area (Å²) in [5, 5.41) is 2.60. The van der Waals surface area contributed by atoms with Gasteiger partial charge in [-0.3, -0.25) is 9.59 Å². The van der Waals surface area contributed by atoms with E-state index in [1.54, 1.807) is 0 Å². The van der Waals surface area contributed by atoms with Crippen LogP contribution in [0.25, 0.3) is 0 Å². The summed E-state index contributed by atoms with van der Waals surface area (Å²) in [7, 11) is 0.133. The number of carbonyl (C=O) groups is 2. The number of ether oxygens (including phenoxy) is 1. The molecule has 0 aromatic heterocycles. The van der Waals surface area contributed by atoms with E-state index in [9.17, 15) is 18.0 Å². The fourth-order valence-corrected chi connectivity index (χ4v) is 2.39. The van der Waals surface area contributed by atoms with Gasteiger partial charge in [0, 0.05) is 27.2 Å². The van der Waals surface area contributed by atoms with E-state index >= 15 is 0 Å². The summed E-state index contributed by atoms with van der Waals surface area (Å²) in [4.78, 5) is 22.5. The third-order valence-electron chi connectivity index (χ3n) is 2.58. The number of nitrogens with one attached hydrogen (secondary N) is 1. The lowest BCUT2D eigenvalue weighted by molar-refractivity contribution is -0.140. The molecule has 20 heavy (non-hydrogen) atoms. The number of likely N-dealkylation sites (N-methyl/N-ethyl adjacent to an activating group) is 1. The highest BCUT2D eigenvalue weighted by molar-refractivity contribution is 7.86. The maximum Gasteiger partial charge on any atom is 0.306 e. The summed E-state index contributed by atoms with van der Waals surface area (Å²) in [6, 6.07) is 0. The second kappa shape index (κ2) is 8.88. The molecule has 9 heteroatoms. The summed E-state index contributed by atoms with van der Waals surface area (Å²) < 4.78 is 30.5. The first kappa shape index (κ1) is 18.8. The topological polar surface area (TPSA) is 96.0 Å². The lowest BCUT2D eigenvalue weighted by atomic mass is 10.4. The predicted octanol–water partition coefficient (Wildman–Crippen LogP) is -0.816. The second-order valence-electron chi connectivity index (χ2n) is 4.26. The Morgan fingerprint density at radius 3 is 2.30 bits per heavy atom. The third kappa shape index (κ3) is 6.31. The van der Waals surface area contributed by atoms with Gasteiger partial charge >= 0.3 is 5.97 Å². The quantitative estimate of drug-likeness (QED) is 0.562. The van der Waals surface area contributed by atoms with Crippen LogP contribution in [-0.2, 0) is 24.5 Å². The number of esters is 1. The van der Waals surface area contributed by atoms with Gasteiger partial charge in [-0.15, -0.1) is 0 Å². The molecule has 0 heterocycles. The molecule has 0 spiro atoms. The van der Waals surface area contributed by atoms with Crippen LogP contribution in [0.3, 0.4) is 0 Å². The molecule has 0 aliphatic rings. The Labute approximate surface area is 120 Å². The van der Waals surface area contributed by atoms with E-state index in [0.717, 1.165) is 15.0 Å². The molecule has 0 unspecified atom stereocenters. The summed E-state index contributed by atoms with van der Waals surface area (Å²) >= 11 is 0. The summed E-state index contributed by atoms with van der Waals surface area (Å²) in [6.45, 7) is 2.15. The molecule has 0 fully saturated rings. The van der Waals surface area contributed by atoms with Crippen molar-refractivity contribution in [2.75, 3.05) is 40.8 Å². The van der Waals surface area contributed by atoms with Gasteiger partial charge in [0.1, 0.15) is 0 Å². The molecule has 8 nitrogen and oxygen atoms in total. The average molecular weight is 309 g/mol. The van der Waals surface area contributed by atoms with E-state index in [4.69, 9.17) is 0 Å². The van der Waals surface area contributed by atoms with Crippen LogP contribution in [0.4, 0.5) is 0 Å². The van der Waals surface area contributed by atoms with Crippen LogP contribution in [0.1, 0.15) is 19.8 Å². The first-order valence-corrected chi connectivity index (χ1v) is 7.66. The van der Waals surface area contributed by atoms with Crippen molar-refractivity contribution in [2.45, 2.75) is 19.8 Å². The zero-order valence-electron chi connectivity index (χ0n) is 12.4. The Hall–Kier alpha value is -1.19. The number of hydrogen-bond donors (Lipinski definition) is 1. The highest BCUT2D eigenvalue weighted by atomic mass is 32.2. The Balaban J connectivity index is 4.46. The number of carbonyl (C=O) groups excluding carboxylic acids is 2. The van der Waals surface area contributed by atoms with E-state index in [1.165, 1.54) is 21.2 Å². The van der Waals surface area contributed by atoms with Gasteiger partial charge in [0.25, 0.3) is 10.2 Å². The summed E-state index contributed by atoms with van der Waals surface area (Å²) in [6.07, 6.45) is 0.739. The Morgan fingerprint density at radius 2 is 1.80 bits per heavy atom. The van der Waals surface area contributed by atoms with Crippen LogP contribution >= 0.6 is 0 Å². The van der Waals surface area contributed by atoms with Crippen LogP contribution in [0.5, 0.6) is 0 Å². The minimum Gasteiger partial charge on any atom is -0.469 e. The van der Waals surface area contributed by atoms with Crippen molar-refractivity contribution in [1.29, 1.82) is 0 Å². The van der Waals surface area contributed by atoms with Crippen LogP contribution in [0.2, 0.25) is 0 Å². The van der Waals surface area contributed by atoms with E-state index in [1.807, 2.05) is 6.92 Å². The van der Waals surface area contributed by atoms with Gasteiger partial charge in [0.2, 0.25) is 5.91 Å². The number of amides is 1. The SMILES string of the molecule is CCCNC(=O)CN(C)S(=O)(=O)N(C)CCC(=O)OC. The molecular weight excluding hydrogens is 286 g/mol. The van der Waals surface area contributed by atoms with E-state index in [0.29, 0.717) is 6.54 Å². The smallest absolute Gasteiger partial charge is 0.306 e. The molecule has 0 aliphatic carbocycles. The van der Waals surface area contributed by atoms with Crippen LogP contribution in [-0.4, -0.2) is 69.7 Å². The zero-order chi connectivity index (χ0) is 15.8. The minimum absolute atomic E-state index is 0.00404. The van der Waals surface area contributed by atoms with Gasteiger partial charge in [0.15, 0.2) is 0 Å². The molecule has 118 valence electrons. The lowest BCUT2D eigenvalue weighted by Crippen LogP contribution is -2.45. The monoisotopic (exact) mass is 309 g/mol. The minimum atomic E-state index is -3.76. The third-order valence-corrected chi connectivity index (χ3v) is 4.47. The maximum absolute atomic E-state index is 12.1. The first-order chi connectivity index (χ1) is 9.25. The second-order valence-corrected chi connectivity index (χ2v) is 6.40. The van der Waals surface area contributed by atoms with Crippen molar-refractivity contribution >= 4 is 22.1 Å². The fourth-order valence-electron chi connectivity index (χ4n) is 1.31. The van der Waals surface area contributed by atoms with Crippen molar-refractivity contribution in [3.05, 3.63) is 0 Å². The van der Waals surface area contributed by atoms with E-state index < -0.39 is 16.2 Å². The Kier molecular flexibility index (Phi) is 8.35. The largest absolute Gasteiger partial charge is 0.469 e. The molecule has 0 rings (SSSR count). The number of methoxy groups -OCH3 is 1. The predicted molar refractivity (Wildman–Crippen MR) is 74.1 cm³/mol. The van der Waals surface area contributed by atoms with E-state index in [-0.39, 0.29) is 25.4 Å². The molecular formula is C11H23N3O5S. The van der Waals surface area contributed by atoms with Gasteiger partial charge in [-0.25, -0.2) is 0 Å². The molecule has 0 aromatic carbocycles. The van der Waals surface area contributed by atoms with E-state index in [2.05, 4.69) is 10.1 Å². The molecule has 0 saturated carbocycles. The van der Waals surface area contributed by atoms with Crippen LogP contribution in [0, 0.1) is 0 Å². The van der Waals surface area contributed by atoms with Crippen molar-refractivity contribution < 1.29 is 22.7 Å².